The van der Waals surface area contributed by atoms with Crippen LogP contribution in [0.5, 0.6) is 0 Å². The van der Waals surface area contributed by atoms with Crippen molar-refractivity contribution >= 4 is 5.69 Å². The molecule has 16 heavy (non-hydrogen) atoms. The molecule has 0 heterocycles. The zero-order valence-electron chi connectivity index (χ0n) is 9.51. The lowest BCUT2D eigenvalue weighted by Crippen LogP contribution is -2.21. The Morgan fingerprint density at radius 1 is 1.38 bits per heavy atom. The molecule has 3 heteroatoms. The van der Waals surface area contributed by atoms with Gasteiger partial charge in [-0.1, -0.05) is 25.3 Å². The van der Waals surface area contributed by atoms with Gasteiger partial charge in [-0.05, 0) is 36.6 Å². The lowest BCUT2D eigenvalue weighted by molar-refractivity contribution is 0.292. The monoisotopic (exact) mass is 222 g/mol. The van der Waals surface area contributed by atoms with E-state index in [-0.39, 0.29) is 11.5 Å². The van der Waals surface area contributed by atoms with Crippen molar-refractivity contribution in [2.45, 2.75) is 32.2 Å². The molecule has 0 aromatic heterocycles. The Hall–Kier alpha value is -1.09. The number of nitrogen functional groups attached to an aromatic ring is 1. The van der Waals surface area contributed by atoms with Crippen molar-refractivity contribution in [3.05, 3.63) is 29.6 Å². The van der Waals surface area contributed by atoms with Crippen LogP contribution >= 0.6 is 0 Å². The van der Waals surface area contributed by atoms with Crippen molar-refractivity contribution in [2.75, 3.05) is 12.3 Å². The molecule has 2 nitrogen and oxygen atoms in total. The molecule has 0 bridgehead atoms. The minimum atomic E-state index is -0.321. The zero-order chi connectivity index (χ0) is 11.4. The van der Waals surface area contributed by atoms with Crippen LogP contribution in [0.1, 0.15) is 31.2 Å². The van der Waals surface area contributed by atoms with Crippen LogP contribution in [0.2, 0.25) is 0 Å². The van der Waals surface area contributed by atoms with Crippen LogP contribution in [0.15, 0.2) is 18.2 Å². The minimum absolute atomic E-state index is 0.221. The molecular formula is C13H19FN2. The molecule has 3 N–H and O–H groups in total. The summed E-state index contributed by atoms with van der Waals surface area (Å²) in [5, 5.41) is 3.34. The topological polar surface area (TPSA) is 38.0 Å². The molecule has 0 aliphatic heterocycles. The zero-order valence-corrected chi connectivity index (χ0v) is 9.51. The van der Waals surface area contributed by atoms with Crippen molar-refractivity contribution in [2.24, 2.45) is 5.92 Å². The summed E-state index contributed by atoms with van der Waals surface area (Å²) in [6.45, 7) is 1.75. The van der Waals surface area contributed by atoms with Gasteiger partial charge in [0.1, 0.15) is 5.82 Å². The summed E-state index contributed by atoms with van der Waals surface area (Å²) >= 11 is 0. The predicted octanol–water partition coefficient (Wildman–Crippen LogP) is 2.69. The molecule has 1 aromatic rings. The van der Waals surface area contributed by atoms with Gasteiger partial charge in [0.05, 0.1) is 5.69 Å². The first-order chi connectivity index (χ1) is 7.75. The molecule has 88 valence electrons. The van der Waals surface area contributed by atoms with Gasteiger partial charge in [-0.3, -0.25) is 0 Å². The van der Waals surface area contributed by atoms with E-state index in [0.717, 1.165) is 24.6 Å². The van der Waals surface area contributed by atoms with Gasteiger partial charge < -0.3 is 11.1 Å². The number of rotatable bonds is 5. The van der Waals surface area contributed by atoms with E-state index in [1.165, 1.54) is 31.7 Å². The molecule has 1 fully saturated rings. The van der Waals surface area contributed by atoms with Crippen LogP contribution in [0.3, 0.4) is 0 Å². The summed E-state index contributed by atoms with van der Waals surface area (Å²) in [7, 11) is 0. The minimum Gasteiger partial charge on any atom is -0.396 e. The molecule has 0 amide bonds. The molecule has 0 atom stereocenters. The fraction of sp³-hybridized carbons (Fsp3) is 0.538. The highest BCUT2D eigenvalue weighted by Gasteiger charge is 2.16. The van der Waals surface area contributed by atoms with Crippen LogP contribution in [0.4, 0.5) is 10.1 Å². The SMILES string of the molecule is Nc1ccc(CNCCC2CCC2)cc1F. The van der Waals surface area contributed by atoms with Gasteiger partial charge in [-0.2, -0.15) is 0 Å². The Morgan fingerprint density at radius 3 is 2.81 bits per heavy atom. The summed E-state index contributed by atoms with van der Waals surface area (Å²) in [4.78, 5) is 0. The first-order valence-corrected chi connectivity index (χ1v) is 6.00. The Balaban J connectivity index is 1.69. The van der Waals surface area contributed by atoms with Crippen molar-refractivity contribution in [3.8, 4) is 0 Å². The summed E-state index contributed by atoms with van der Waals surface area (Å²) in [6.07, 6.45) is 5.42. The van der Waals surface area contributed by atoms with Gasteiger partial charge in [-0.25, -0.2) is 4.39 Å². The smallest absolute Gasteiger partial charge is 0.146 e. The Labute approximate surface area is 96.0 Å². The number of halogens is 1. The Morgan fingerprint density at radius 2 is 2.19 bits per heavy atom. The second-order valence-electron chi connectivity index (χ2n) is 4.62. The van der Waals surface area contributed by atoms with Crippen molar-refractivity contribution < 1.29 is 4.39 Å². The van der Waals surface area contributed by atoms with E-state index in [9.17, 15) is 4.39 Å². The summed E-state index contributed by atoms with van der Waals surface area (Å²) in [5.41, 5.74) is 6.59. The molecule has 2 rings (SSSR count). The van der Waals surface area contributed by atoms with E-state index >= 15 is 0 Å². The number of hydrogen-bond donors (Lipinski definition) is 2. The predicted molar refractivity (Wildman–Crippen MR) is 64.5 cm³/mol. The first-order valence-electron chi connectivity index (χ1n) is 6.00. The number of benzene rings is 1. The van der Waals surface area contributed by atoms with Gasteiger partial charge >= 0.3 is 0 Å². The van der Waals surface area contributed by atoms with E-state index in [1.54, 1.807) is 6.07 Å². The fourth-order valence-electron chi connectivity index (χ4n) is 2.00. The van der Waals surface area contributed by atoms with Gasteiger partial charge in [0.25, 0.3) is 0 Å². The maximum atomic E-state index is 13.1. The van der Waals surface area contributed by atoms with Gasteiger partial charge in [0, 0.05) is 6.54 Å². The third kappa shape index (κ3) is 2.95. The van der Waals surface area contributed by atoms with Gasteiger partial charge in [0.2, 0.25) is 0 Å². The molecular weight excluding hydrogens is 203 g/mol. The van der Waals surface area contributed by atoms with Crippen LogP contribution in [-0.2, 0) is 6.54 Å². The van der Waals surface area contributed by atoms with Crippen LogP contribution in [-0.4, -0.2) is 6.54 Å². The highest BCUT2D eigenvalue weighted by Crippen LogP contribution is 2.28. The number of anilines is 1. The molecule has 0 spiro atoms. The third-order valence-corrected chi connectivity index (χ3v) is 3.35. The Kier molecular flexibility index (Phi) is 3.78. The average molecular weight is 222 g/mol. The summed E-state index contributed by atoms with van der Waals surface area (Å²) < 4.78 is 13.1. The first kappa shape index (κ1) is 11.4. The van der Waals surface area contributed by atoms with Gasteiger partial charge in [-0.15, -0.1) is 0 Å². The highest BCUT2D eigenvalue weighted by atomic mass is 19.1. The van der Waals surface area contributed by atoms with Crippen molar-refractivity contribution in [3.63, 3.8) is 0 Å². The van der Waals surface area contributed by atoms with E-state index in [1.807, 2.05) is 6.07 Å². The summed E-state index contributed by atoms with van der Waals surface area (Å²) in [6, 6.07) is 5.00. The lowest BCUT2D eigenvalue weighted by atomic mass is 9.83. The van der Waals surface area contributed by atoms with E-state index in [4.69, 9.17) is 5.73 Å². The molecule has 1 aliphatic rings. The largest absolute Gasteiger partial charge is 0.396 e. The highest BCUT2D eigenvalue weighted by molar-refractivity contribution is 5.41. The fourth-order valence-corrected chi connectivity index (χ4v) is 2.00. The van der Waals surface area contributed by atoms with Crippen LogP contribution < -0.4 is 11.1 Å². The van der Waals surface area contributed by atoms with Crippen LogP contribution in [0, 0.1) is 11.7 Å². The maximum Gasteiger partial charge on any atom is 0.146 e. The molecule has 0 radical (unpaired) electrons. The molecule has 0 unspecified atom stereocenters. The van der Waals surface area contributed by atoms with E-state index in [2.05, 4.69) is 5.32 Å². The standard InChI is InChI=1S/C13H19FN2/c14-12-8-11(4-5-13(12)15)9-16-7-6-10-2-1-3-10/h4-5,8,10,16H,1-3,6-7,9,15H2. The molecule has 1 saturated carbocycles. The van der Waals surface area contributed by atoms with E-state index in [0.29, 0.717) is 0 Å². The third-order valence-electron chi connectivity index (χ3n) is 3.35. The maximum absolute atomic E-state index is 13.1. The normalized spacial score (nSPS) is 16.1. The molecule has 1 aromatic carbocycles. The average Bonchev–Trinajstić information content (AvgIpc) is 2.20. The van der Waals surface area contributed by atoms with Crippen molar-refractivity contribution in [1.82, 2.24) is 5.32 Å². The van der Waals surface area contributed by atoms with E-state index < -0.39 is 0 Å². The number of hydrogen-bond acceptors (Lipinski definition) is 2. The van der Waals surface area contributed by atoms with Crippen LogP contribution in [0.25, 0.3) is 0 Å². The summed E-state index contributed by atoms with van der Waals surface area (Å²) in [5.74, 6) is 0.606. The van der Waals surface area contributed by atoms with Gasteiger partial charge in [0.15, 0.2) is 0 Å². The molecule has 0 saturated heterocycles. The quantitative estimate of drug-likeness (QED) is 0.594. The number of nitrogens with one attached hydrogen (secondary N) is 1. The number of nitrogens with two attached hydrogens (primary N) is 1. The molecule has 1 aliphatic carbocycles. The van der Waals surface area contributed by atoms with Crippen molar-refractivity contribution in [1.29, 1.82) is 0 Å². The lowest BCUT2D eigenvalue weighted by Gasteiger charge is -2.25. The second-order valence-corrected chi connectivity index (χ2v) is 4.62. The second kappa shape index (κ2) is 5.30. The Bertz CT molecular complexity index is 348.